The number of benzene rings is 1. The van der Waals surface area contributed by atoms with Gasteiger partial charge in [-0.05, 0) is 37.2 Å². The summed E-state index contributed by atoms with van der Waals surface area (Å²) in [5.74, 6) is -0.443. The van der Waals surface area contributed by atoms with E-state index in [1.807, 2.05) is 0 Å². The van der Waals surface area contributed by atoms with E-state index in [1.165, 1.54) is 12.1 Å². The molecule has 1 unspecified atom stereocenters. The van der Waals surface area contributed by atoms with Crippen LogP contribution in [0.15, 0.2) is 29.2 Å². The Morgan fingerprint density at radius 3 is 2.47 bits per heavy atom. The van der Waals surface area contributed by atoms with E-state index in [9.17, 15) is 12.8 Å². The van der Waals surface area contributed by atoms with Crippen molar-refractivity contribution in [1.82, 2.24) is 10.0 Å². The van der Waals surface area contributed by atoms with Gasteiger partial charge in [0.2, 0.25) is 10.0 Å². The summed E-state index contributed by atoms with van der Waals surface area (Å²) >= 11 is 0. The highest BCUT2D eigenvalue weighted by molar-refractivity contribution is 7.89. The lowest BCUT2D eigenvalue weighted by atomic mass is 10.3. The molecule has 17 heavy (non-hydrogen) atoms. The second-order valence-corrected chi connectivity index (χ2v) is 5.48. The lowest BCUT2D eigenvalue weighted by molar-refractivity contribution is 0.559. The van der Waals surface area contributed by atoms with E-state index in [0.29, 0.717) is 6.54 Å². The van der Waals surface area contributed by atoms with Crippen LogP contribution in [0.3, 0.4) is 0 Å². The quantitative estimate of drug-likeness (QED) is 0.864. The number of halogens is 2. The topological polar surface area (TPSA) is 58.2 Å². The molecule has 1 atom stereocenters. The van der Waals surface area contributed by atoms with Gasteiger partial charge in [0.1, 0.15) is 5.82 Å². The van der Waals surface area contributed by atoms with Crippen LogP contribution in [0.4, 0.5) is 4.39 Å². The molecule has 0 radical (unpaired) electrons. The molecule has 0 spiro atoms. The van der Waals surface area contributed by atoms with E-state index in [2.05, 4.69) is 10.0 Å². The molecule has 0 amide bonds. The van der Waals surface area contributed by atoms with E-state index in [4.69, 9.17) is 0 Å². The van der Waals surface area contributed by atoms with Crippen LogP contribution in [-0.2, 0) is 10.0 Å². The zero-order valence-corrected chi connectivity index (χ0v) is 10.7. The maximum absolute atomic E-state index is 12.7. The molecule has 7 heteroatoms. The van der Waals surface area contributed by atoms with Crippen LogP contribution >= 0.6 is 12.4 Å². The summed E-state index contributed by atoms with van der Waals surface area (Å²) in [6, 6.07) is 4.73. The fourth-order valence-electron chi connectivity index (χ4n) is 1.66. The van der Waals surface area contributed by atoms with Crippen molar-refractivity contribution in [2.45, 2.75) is 17.4 Å². The van der Waals surface area contributed by atoms with Crippen molar-refractivity contribution in [1.29, 1.82) is 0 Å². The first kappa shape index (κ1) is 14.4. The number of rotatable bonds is 3. The highest BCUT2D eigenvalue weighted by Gasteiger charge is 2.22. The van der Waals surface area contributed by atoms with Gasteiger partial charge in [-0.25, -0.2) is 17.5 Å². The Morgan fingerprint density at radius 2 is 1.94 bits per heavy atom. The Hall–Kier alpha value is -0.690. The van der Waals surface area contributed by atoms with Crippen molar-refractivity contribution in [3.05, 3.63) is 30.1 Å². The highest BCUT2D eigenvalue weighted by Crippen LogP contribution is 2.11. The summed E-state index contributed by atoms with van der Waals surface area (Å²) in [7, 11) is -3.52. The number of hydrogen-bond acceptors (Lipinski definition) is 3. The summed E-state index contributed by atoms with van der Waals surface area (Å²) in [6.07, 6.45) is 0.778. The van der Waals surface area contributed by atoms with Gasteiger partial charge < -0.3 is 5.32 Å². The Balaban J connectivity index is 0.00000144. The Bertz CT molecular complexity index is 458. The maximum Gasteiger partial charge on any atom is 0.240 e. The van der Waals surface area contributed by atoms with Gasteiger partial charge in [0.15, 0.2) is 0 Å². The Morgan fingerprint density at radius 1 is 1.29 bits per heavy atom. The van der Waals surface area contributed by atoms with E-state index in [0.717, 1.165) is 25.1 Å². The molecule has 96 valence electrons. The third kappa shape index (κ3) is 3.64. The second kappa shape index (κ2) is 5.77. The van der Waals surface area contributed by atoms with E-state index in [1.54, 1.807) is 0 Å². The molecule has 1 fully saturated rings. The van der Waals surface area contributed by atoms with Crippen LogP contribution in [-0.4, -0.2) is 27.5 Å². The minimum atomic E-state index is -3.52. The monoisotopic (exact) mass is 280 g/mol. The van der Waals surface area contributed by atoms with Gasteiger partial charge >= 0.3 is 0 Å². The number of hydrogen-bond donors (Lipinski definition) is 2. The van der Waals surface area contributed by atoms with Crippen LogP contribution in [0, 0.1) is 5.82 Å². The van der Waals surface area contributed by atoms with Crippen molar-refractivity contribution in [3.63, 3.8) is 0 Å². The van der Waals surface area contributed by atoms with E-state index in [-0.39, 0.29) is 23.3 Å². The van der Waals surface area contributed by atoms with Gasteiger partial charge in [0, 0.05) is 12.6 Å². The van der Waals surface area contributed by atoms with Crippen molar-refractivity contribution in [2.24, 2.45) is 0 Å². The molecule has 2 N–H and O–H groups in total. The van der Waals surface area contributed by atoms with Crippen molar-refractivity contribution in [2.75, 3.05) is 13.1 Å². The molecule has 0 aliphatic carbocycles. The maximum atomic E-state index is 12.7. The molecule has 1 saturated heterocycles. The molecular weight excluding hydrogens is 267 g/mol. The molecular formula is C10H14ClFN2O2S. The zero-order valence-electron chi connectivity index (χ0n) is 9.02. The van der Waals surface area contributed by atoms with Crippen LogP contribution < -0.4 is 10.0 Å². The summed E-state index contributed by atoms with van der Waals surface area (Å²) in [5.41, 5.74) is 0. The lowest BCUT2D eigenvalue weighted by Gasteiger charge is -2.11. The second-order valence-electron chi connectivity index (χ2n) is 3.76. The van der Waals surface area contributed by atoms with Gasteiger partial charge in [-0.3, -0.25) is 0 Å². The summed E-state index contributed by atoms with van der Waals surface area (Å²) < 4.78 is 38.9. The smallest absolute Gasteiger partial charge is 0.240 e. The van der Waals surface area contributed by atoms with Crippen molar-refractivity contribution >= 4 is 22.4 Å². The predicted molar refractivity (Wildman–Crippen MR) is 65.2 cm³/mol. The Labute approximate surface area is 106 Å². The highest BCUT2D eigenvalue weighted by atomic mass is 35.5. The minimum Gasteiger partial charge on any atom is -0.315 e. The molecule has 2 rings (SSSR count). The lowest BCUT2D eigenvalue weighted by Crippen LogP contribution is -2.36. The van der Waals surface area contributed by atoms with Crippen LogP contribution in [0.1, 0.15) is 6.42 Å². The zero-order chi connectivity index (χ0) is 11.6. The van der Waals surface area contributed by atoms with E-state index >= 15 is 0 Å². The van der Waals surface area contributed by atoms with Crippen molar-refractivity contribution in [3.8, 4) is 0 Å². The van der Waals surface area contributed by atoms with Crippen LogP contribution in [0.25, 0.3) is 0 Å². The first-order valence-corrected chi connectivity index (χ1v) is 6.55. The van der Waals surface area contributed by atoms with Gasteiger partial charge in [-0.15, -0.1) is 12.4 Å². The molecule has 1 aliphatic heterocycles. The SMILES string of the molecule is Cl.O=S(=O)(NC1CCNC1)c1ccc(F)cc1. The molecule has 4 nitrogen and oxygen atoms in total. The van der Waals surface area contributed by atoms with Gasteiger partial charge in [0.05, 0.1) is 4.90 Å². The molecule has 0 bridgehead atoms. The minimum absolute atomic E-state index is 0. The molecule has 1 aromatic rings. The molecule has 0 saturated carbocycles. The van der Waals surface area contributed by atoms with E-state index < -0.39 is 15.8 Å². The first-order chi connectivity index (χ1) is 7.58. The summed E-state index contributed by atoms with van der Waals surface area (Å²) in [5, 5.41) is 3.07. The largest absolute Gasteiger partial charge is 0.315 e. The Kier molecular flexibility index (Phi) is 4.88. The fourth-order valence-corrected chi connectivity index (χ4v) is 2.93. The van der Waals surface area contributed by atoms with Crippen LogP contribution in [0.2, 0.25) is 0 Å². The van der Waals surface area contributed by atoms with Gasteiger partial charge in [-0.2, -0.15) is 0 Å². The van der Waals surface area contributed by atoms with Gasteiger partial charge in [-0.1, -0.05) is 0 Å². The number of nitrogens with one attached hydrogen (secondary N) is 2. The predicted octanol–water partition coefficient (Wildman–Crippen LogP) is 0.888. The number of sulfonamides is 1. The third-order valence-electron chi connectivity index (χ3n) is 2.51. The molecule has 1 aromatic carbocycles. The average molecular weight is 281 g/mol. The average Bonchev–Trinajstić information content (AvgIpc) is 2.70. The molecule has 0 aromatic heterocycles. The van der Waals surface area contributed by atoms with Gasteiger partial charge in [0.25, 0.3) is 0 Å². The van der Waals surface area contributed by atoms with Crippen molar-refractivity contribution < 1.29 is 12.8 Å². The molecule has 1 heterocycles. The normalized spacial score (nSPS) is 19.9. The summed E-state index contributed by atoms with van der Waals surface area (Å²) in [6.45, 7) is 1.46. The standard InChI is InChI=1S/C10H13FN2O2S.ClH/c11-8-1-3-10(4-2-8)16(14,15)13-9-5-6-12-7-9;/h1-4,9,12-13H,5-7H2;1H. The fraction of sp³-hybridized carbons (Fsp3) is 0.400. The first-order valence-electron chi connectivity index (χ1n) is 5.06. The third-order valence-corrected chi connectivity index (χ3v) is 4.04. The van der Waals surface area contributed by atoms with Crippen LogP contribution in [0.5, 0.6) is 0 Å². The molecule has 1 aliphatic rings. The summed E-state index contributed by atoms with van der Waals surface area (Å²) in [4.78, 5) is 0.0980.